The third-order valence-electron chi connectivity index (χ3n) is 2.87. The summed E-state index contributed by atoms with van der Waals surface area (Å²) in [7, 11) is 2.07. The molecule has 4 nitrogen and oxygen atoms in total. The molecule has 1 aromatic heterocycles. The van der Waals surface area contributed by atoms with Crippen molar-refractivity contribution in [1.29, 1.82) is 0 Å². The number of anilines is 1. The zero-order valence-electron chi connectivity index (χ0n) is 12.1. The minimum absolute atomic E-state index is 0.720. The summed E-state index contributed by atoms with van der Waals surface area (Å²) in [5.74, 6) is 1.67. The molecule has 1 N–H and O–H groups in total. The Labute approximate surface area is 111 Å². The highest BCUT2D eigenvalue weighted by Gasteiger charge is 2.04. The Morgan fingerprint density at radius 1 is 1.28 bits per heavy atom. The van der Waals surface area contributed by atoms with Gasteiger partial charge in [0.15, 0.2) is 5.82 Å². The first-order chi connectivity index (χ1) is 8.63. The van der Waals surface area contributed by atoms with Crippen molar-refractivity contribution < 1.29 is 0 Å². The van der Waals surface area contributed by atoms with Crippen LogP contribution >= 0.6 is 0 Å². The fourth-order valence-corrected chi connectivity index (χ4v) is 1.61. The molecule has 4 heteroatoms. The Morgan fingerprint density at radius 2 is 2.06 bits per heavy atom. The summed E-state index contributed by atoms with van der Waals surface area (Å²) >= 11 is 0. The van der Waals surface area contributed by atoms with E-state index in [0.717, 1.165) is 43.5 Å². The van der Waals surface area contributed by atoms with Gasteiger partial charge in [-0.2, -0.15) is 5.10 Å². The Morgan fingerprint density at radius 3 is 2.61 bits per heavy atom. The summed E-state index contributed by atoms with van der Waals surface area (Å²) in [6.07, 6.45) is 2.32. The number of hydrogen-bond acceptors (Lipinski definition) is 4. The molecule has 0 atom stereocenters. The molecule has 18 heavy (non-hydrogen) atoms. The maximum Gasteiger partial charge on any atom is 0.150 e. The van der Waals surface area contributed by atoms with Crippen molar-refractivity contribution in [2.45, 2.75) is 40.2 Å². The van der Waals surface area contributed by atoms with Gasteiger partial charge in [-0.15, -0.1) is 5.10 Å². The fraction of sp³-hybridized carbons (Fsp3) is 0.714. The van der Waals surface area contributed by atoms with Crippen molar-refractivity contribution in [2.75, 3.05) is 25.0 Å². The van der Waals surface area contributed by atoms with Gasteiger partial charge in [-0.05, 0) is 37.4 Å². The van der Waals surface area contributed by atoms with E-state index >= 15 is 0 Å². The molecule has 0 amide bonds. The average molecular weight is 250 g/mol. The highest BCUT2D eigenvalue weighted by Crippen LogP contribution is 2.10. The normalized spacial score (nSPS) is 10.9. The van der Waals surface area contributed by atoms with Crippen LogP contribution in [-0.4, -0.2) is 30.3 Å². The Kier molecular flexibility index (Phi) is 6.65. The van der Waals surface area contributed by atoms with Crippen LogP contribution in [0.15, 0.2) is 12.1 Å². The van der Waals surface area contributed by atoms with Crippen molar-refractivity contribution in [3.8, 4) is 0 Å². The Balaban J connectivity index is 2.43. The van der Waals surface area contributed by atoms with Gasteiger partial charge in [-0.25, -0.2) is 0 Å². The second kappa shape index (κ2) is 8.03. The van der Waals surface area contributed by atoms with Crippen molar-refractivity contribution >= 4 is 5.82 Å². The summed E-state index contributed by atoms with van der Waals surface area (Å²) in [6, 6.07) is 4.10. The molecule has 1 aromatic rings. The van der Waals surface area contributed by atoms with Gasteiger partial charge >= 0.3 is 0 Å². The van der Waals surface area contributed by atoms with Gasteiger partial charge in [0.05, 0.1) is 5.69 Å². The van der Waals surface area contributed by atoms with Gasteiger partial charge in [-0.1, -0.05) is 20.8 Å². The number of nitrogens with one attached hydrogen (secondary N) is 1. The molecule has 0 aromatic carbocycles. The summed E-state index contributed by atoms with van der Waals surface area (Å²) in [5.41, 5.74) is 1.00. The van der Waals surface area contributed by atoms with Crippen LogP contribution in [0.5, 0.6) is 0 Å². The van der Waals surface area contributed by atoms with Gasteiger partial charge in [-0.3, -0.25) is 0 Å². The van der Waals surface area contributed by atoms with Crippen LogP contribution < -0.4 is 10.2 Å². The molecule has 0 aliphatic rings. The van der Waals surface area contributed by atoms with Crippen molar-refractivity contribution in [1.82, 2.24) is 15.5 Å². The Bertz CT molecular complexity index is 321. The SMILES string of the molecule is CCCNCc1ccc(N(C)CCC(C)C)nn1. The molecule has 0 aliphatic heterocycles. The predicted molar refractivity (Wildman–Crippen MR) is 76.8 cm³/mol. The lowest BCUT2D eigenvalue weighted by atomic mass is 10.1. The minimum atomic E-state index is 0.720. The van der Waals surface area contributed by atoms with Gasteiger partial charge in [0.1, 0.15) is 0 Å². The lowest BCUT2D eigenvalue weighted by Crippen LogP contribution is -2.22. The summed E-state index contributed by atoms with van der Waals surface area (Å²) < 4.78 is 0. The zero-order valence-corrected chi connectivity index (χ0v) is 12.1. The first-order valence-electron chi connectivity index (χ1n) is 6.88. The molecule has 0 spiro atoms. The van der Waals surface area contributed by atoms with Crippen LogP contribution in [0.2, 0.25) is 0 Å². The molecule has 0 bridgehead atoms. The van der Waals surface area contributed by atoms with Crippen LogP contribution in [-0.2, 0) is 6.54 Å². The average Bonchev–Trinajstić information content (AvgIpc) is 2.37. The third-order valence-corrected chi connectivity index (χ3v) is 2.87. The second-order valence-corrected chi connectivity index (χ2v) is 5.16. The fourth-order valence-electron chi connectivity index (χ4n) is 1.61. The molecule has 0 fully saturated rings. The van der Waals surface area contributed by atoms with E-state index in [1.54, 1.807) is 0 Å². The topological polar surface area (TPSA) is 41.0 Å². The minimum Gasteiger partial charge on any atom is -0.358 e. The predicted octanol–water partition coefficient (Wildman–Crippen LogP) is 2.46. The van der Waals surface area contributed by atoms with Crippen LogP contribution in [0, 0.1) is 5.92 Å². The molecule has 1 heterocycles. The molecule has 0 saturated carbocycles. The van der Waals surface area contributed by atoms with E-state index in [1.165, 1.54) is 6.42 Å². The zero-order chi connectivity index (χ0) is 13.4. The molecule has 1 rings (SSSR count). The largest absolute Gasteiger partial charge is 0.358 e. The lowest BCUT2D eigenvalue weighted by Gasteiger charge is -2.18. The maximum atomic E-state index is 4.27. The Hall–Kier alpha value is -1.16. The van der Waals surface area contributed by atoms with E-state index < -0.39 is 0 Å². The van der Waals surface area contributed by atoms with Gasteiger partial charge in [0.2, 0.25) is 0 Å². The van der Waals surface area contributed by atoms with Crippen LogP contribution in [0.25, 0.3) is 0 Å². The molecule has 0 saturated heterocycles. The molecular weight excluding hydrogens is 224 g/mol. The van der Waals surface area contributed by atoms with Crippen molar-refractivity contribution in [2.24, 2.45) is 5.92 Å². The van der Waals surface area contributed by atoms with Crippen molar-refractivity contribution in [3.05, 3.63) is 17.8 Å². The lowest BCUT2D eigenvalue weighted by molar-refractivity contribution is 0.582. The number of rotatable bonds is 8. The molecule has 0 unspecified atom stereocenters. The number of nitrogens with zero attached hydrogens (tertiary/aromatic N) is 3. The highest BCUT2D eigenvalue weighted by atomic mass is 15.2. The van der Waals surface area contributed by atoms with E-state index in [1.807, 2.05) is 0 Å². The first kappa shape index (κ1) is 14.9. The van der Waals surface area contributed by atoms with Crippen molar-refractivity contribution in [3.63, 3.8) is 0 Å². The first-order valence-corrected chi connectivity index (χ1v) is 6.88. The van der Waals surface area contributed by atoms with Gasteiger partial charge in [0, 0.05) is 20.1 Å². The molecule has 0 radical (unpaired) electrons. The standard InChI is InChI=1S/C14H26N4/c1-5-9-15-11-13-6-7-14(17-16-13)18(4)10-8-12(2)3/h6-7,12,15H,5,8-11H2,1-4H3. The highest BCUT2D eigenvalue weighted by molar-refractivity contribution is 5.35. The smallest absolute Gasteiger partial charge is 0.150 e. The van der Waals surface area contributed by atoms with E-state index in [-0.39, 0.29) is 0 Å². The van der Waals surface area contributed by atoms with Crippen LogP contribution in [0.4, 0.5) is 5.82 Å². The molecule has 0 aliphatic carbocycles. The van der Waals surface area contributed by atoms with E-state index in [2.05, 4.69) is 60.4 Å². The second-order valence-electron chi connectivity index (χ2n) is 5.16. The van der Waals surface area contributed by atoms with E-state index in [0.29, 0.717) is 0 Å². The molecular formula is C14H26N4. The van der Waals surface area contributed by atoms with E-state index in [9.17, 15) is 0 Å². The van der Waals surface area contributed by atoms with E-state index in [4.69, 9.17) is 0 Å². The van der Waals surface area contributed by atoms with Gasteiger partial charge in [0.25, 0.3) is 0 Å². The maximum absolute atomic E-state index is 4.27. The van der Waals surface area contributed by atoms with Gasteiger partial charge < -0.3 is 10.2 Å². The monoisotopic (exact) mass is 250 g/mol. The number of aromatic nitrogens is 2. The number of hydrogen-bond donors (Lipinski definition) is 1. The third kappa shape index (κ3) is 5.45. The summed E-state index contributed by atoms with van der Waals surface area (Å²) in [4.78, 5) is 2.16. The van der Waals surface area contributed by atoms with Crippen LogP contribution in [0.3, 0.4) is 0 Å². The van der Waals surface area contributed by atoms with Crippen LogP contribution in [0.1, 0.15) is 39.3 Å². The summed E-state index contributed by atoms with van der Waals surface area (Å²) in [5, 5.41) is 11.8. The molecule has 102 valence electrons. The quantitative estimate of drug-likeness (QED) is 0.720. The summed E-state index contributed by atoms with van der Waals surface area (Å²) in [6.45, 7) is 9.49.